The van der Waals surface area contributed by atoms with Gasteiger partial charge in [-0.2, -0.15) is 5.26 Å². The number of imidazole rings is 1. The predicted octanol–water partition coefficient (Wildman–Crippen LogP) is 14.4. The molecule has 7 aromatic carbocycles. The molecule has 0 saturated heterocycles. The molecule has 0 fully saturated rings. The maximum atomic E-state index is 9.84. The maximum Gasteiger partial charge on any atom is 0.138 e. The van der Waals surface area contributed by atoms with Crippen molar-refractivity contribution in [2.45, 2.75) is 39.5 Å². The van der Waals surface area contributed by atoms with Crippen molar-refractivity contribution in [3.63, 3.8) is 0 Å². The third-order valence-corrected chi connectivity index (χ3v) is 11.0. The molecule has 6 heteroatoms. The quantitative estimate of drug-likeness (QED) is 0.149. The Kier molecular flexibility index (Phi) is 11.9. The minimum atomic E-state index is 0. The van der Waals surface area contributed by atoms with E-state index in [2.05, 4.69) is 140 Å². The number of pyridine rings is 1. The summed E-state index contributed by atoms with van der Waals surface area (Å²) in [5, 5.41) is 11.7. The molecule has 0 N–H and O–H groups in total. The van der Waals surface area contributed by atoms with E-state index in [9.17, 15) is 5.26 Å². The Bertz CT molecular complexity index is 3080. The largest absolute Gasteiger partial charge is 0.499 e. The van der Waals surface area contributed by atoms with E-state index < -0.39 is 0 Å². The molecular weight excluding hydrogens is 925 g/mol. The molecule has 0 atom stereocenters. The summed E-state index contributed by atoms with van der Waals surface area (Å²) in [6, 6.07) is 64.7. The summed E-state index contributed by atoms with van der Waals surface area (Å²) in [7, 11) is 0. The Balaban J connectivity index is 0.000000340. The summed E-state index contributed by atoms with van der Waals surface area (Å²) >= 11 is 0. The molecule has 299 valence electrons. The van der Waals surface area contributed by atoms with Crippen LogP contribution in [0.4, 0.5) is 0 Å². The van der Waals surface area contributed by atoms with Crippen molar-refractivity contribution >= 4 is 33.0 Å². The van der Waals surface area contributed by atoms with Crippen molar-refractivity contribution in [1.82, 2.24) is 14.5 Å². The smallest absolute Gasteiger partial charge is 0.138 e. The first kappa shape index (κ1) is 40.9. The number of para-hydroxylation sites is 3. The number of rotatable bonds is 7. The number of hydrogen-bond donors (Lipinski definition) is 0. The number of nitriles is 1. The Morgan fingerprint density at radius 2 is 1.26 bits per heavy atom. The van der Waals surface area contributed by atoms with E-state index in [1.165, 1.54) is 33.4 Å². The van der Waals surface area contributed by atoms with Gasteiger partial charge in [0.2, 0.25) is 0 Å². The number of fused-ring (bicyclic) bond motifs is 4. The van der Waals surface area contributed by atoms with Gasteiger partial charge in [0.1, 0.15) is 11.7 Å². The van der Waals surface area contributed by atoms with Crippen LogP contribution < -0.4 is 0 Å². The molecule has 3 heterocycles. The van der Waals surface area contributed by atoms with Crippen molar-refractivity contribution in [2.24, 2.45) is 0 Å². The average Bonchev–Trinajstić information content (AvgIpc) is 3.89. The number of nitrogens with zero attached hydrogens (tertiary/aromatic N) is 4. The van der Waals surface area contributed by atoms with Gasteiger partial charge in [0.15, 0.2) is 0 Å². The Morgan fingerprint density at radius 1 is 0.607 bits per heavy atom. The normalized spacial score (nSPS) is 11.1. The second kappa shape index (κ2) is 17.8. The molecule has 10 rings (SSSR count). The number of hydrogen-bond acceptors (Lipinski definition) is 4. The van der Waals surface area contributed by atoms with E-state index >= 15 is 0 Å². The van der Waals surface area contributed by atoms with Crippen molar-refractivity contribution in [1.29, 1.82) is 5.26 Å². The third-order valence-electron chi connectivity index (χ3n) is 11.0. The summed E-state index contributed by atoms with van der Waals surface area (Å²) in [5.41, 5.74) is 14.9. The topological polar surface area (TPSA) is 67.6 Å². The fourth-order valence-electron chi connectivity index (χ4n) is 7.98. The van der Waals surface area contributed by atoms with Crippen molar-refractivity contribution < 1.29 is 24.5 Å². The van der Waals surface area contributed by atoms with E-state index in [0.717, 1.165) is 50.1 Å². The van der Waals surface area contributed by atoms with Gasteiger partial charge in [0.05, 0.1) is 28.0 Å². The second-order valence-corrected chi connectivity index (χ2v) is 15.5. The van der Waals surface area contributed by atoms with E-state index in [1.807, 2.05) is 72.8 Å². The fraction of sp³-hybridized carbons (Fsp3) is 0.109. The first-order valence-electron chi connectivity index (χ1n) is 20.4. The van der Waals surface area contributed by atoms with Crippen LogP contribution in [-0.4, -0.2) is 14.5 Å². The van der Waals surface area contributed by atoms with Gasteiger partial charge in [-0.3, -0.25) is 4.98 Å². The summed E-state index contributed by atoms with van der Waals surface area (Å²) in [5.74, 6) is 1.24. The first-order valence-corrected chi connectivity index (χ1v) is 20.4. The zero-order chi connectivity index (χ0) is 41.2. The summed E-state index contributed by atoms with van der Waals surface area (Å²) in [6.07, 6.45) is 1.79. The molecule has 0 bridgehead atoms. The van der Waals surface area contributed by atoms with Crippen molar-refractivity contribution in [3.05, 3.63) is 199 Å². The van der Waals surface area contributed by atoms with Crippen LogP contribution in [0.15, 0.2) is 174 Å². The number of furan rings is 1. The molecule has 61 heavy (non-hydrogen) atoms. The molecule has 10 aromatic rings. The van der Waals surface area contributed by atoms with Gasteiger partial charge < -0.3 is 14.0 Å². The minimum absolute atomic E-state index is 0. The van der Waals surface area contributed by atoms with Crippen LogP contribution in [0.3, 0.4) is 0 Å². The molecule has 3 aromatic heterocycles. The van der Waals surface area contributed by atoms with E-state index in [0.29, 0.717) is 16.7 Å². The predicted molar refractivity (Wildman–Crippen MR) is 245 cm³/mol. The maximum absolute atomic E-state index is 9.84. The molecule has 0 aliphatic carbocycles. The summed E-state index contributed by atoms with van der Waals surface area (Å²) < 4.78 is 8.83. The minimum Gasteiger partial charge on any atom is -0.499 e. The van der Waals surface area contributed by atoms with Gasteiger partial charge in [-0.25, -0.2) is 0 Å². The average molecular weight is 967 g/mol. The van der Waals surface area contributed by atoms with Crippen LogP contribution >= 0.6 is 0 Å². The van der Waals surface area contributed by atoms with E-state index in [1.54, 1.807) is 12.3 Å². The van der Waals surface area contributed by atoms with Gasteiger partial charge in [-0.15, -0.1) is 54.1 Å². The number of aromatic nitrogens is 3. The van der Waals surface area contributed by atoms with Gasteiger partial charge in [0.25, 0.3) is 0 Å². The van der Waals surface area contributed by atoms with Crippen molar-refractivity contribution in [3.8, 4) is 56.7 Å². The van der Waals surface area contributed by atoms with Crippen LogP contribution in [0.1, 0.15) is 56.2 Å². The zero-order valence-electron chi connectivity index (χ0n) is 34.4. The standard InChI is InChI=1S/C44H34N3O.C11H8N.Ir/c1-27(2)37-24-33(31-22-20-30(21-23-31)29-12-6-5-7-13-29)25-38(28(3)4)41(37)47-40-19-9-8-18-39(40)46-44(47)36-17-11-16-35-34-15-10-14-32(26-45)42(34)48-43(35)36;1-2-6-10(7-3-1)11-8-4-5-9-12-11;/h5-16,18-25,27-28H,1-4H3;1-6,8-9H;/q2*-1;. The van der Waals surface area contributed by atoms with Crippen LogP contribution in [0, 0.1) is 23.5 Å². The van der Waals surface area contributed by atoms with Gasteiger partial charge in [-0.05, 0) is 87.3 Å². The van der Waals surface area contributed by atoms with E-state index in [4.69, 9.17) is 9.40 Å². The molecule has 5 nitrogen and oxygen atoms in total. The van der Waals surface area contributed by atoms with Crippen LogP contribution in [-0.2, 0) is 20.1 Å². The fourth-order valence-corrected chi connectivity index (χ4v) is 7.98. The Labute approximate surface area is 370 Å². The van der Waals surface area contributed by atoms with E-state index in [-0.39, 0.29) is 31.9 Å². The van der Waals surface area contributed by atoms with Crippen LogP contribution in [0.5, 0.6) is 0 Å². The van der Waals surface area contributed by atoms with Crippen molar-refractivity contribution in [2.75, 3.05) is 0 Å². The van der Waals surface area contributed by atoms with Gasteiger partial charge in [-0.1, -0.05) is 130 Å². The Hall–Kier alpha value is -6.90. The molecule has 0 saturated carbocycles. The molecule has 0 spiro atoms. The van der Waals surface area contributed by atoms with Crippen LogP contribution in [0.25, 0.3) is 83.6 Å². The monoisotopic (exact) mass is 967 g/mol. The molecule has 1 radical (unpaired) electrons. The third kappa shape index (κ3) is 7.95. The molecule has 0 amide bonds. The molecule has 0 aliphatic heterocycles. The zero-order valence-corrected chi connectivity index (χ0v) is 36.7. The van der Waals surface area contributed by atoms with Gasteiger partial charge >= 0.3 is 0 Å². The van der Waals surface area contributed by atoms with Crippen LogP contribution in [0.2, 0.25) is 0 Å². The summed E-state index contributed by atoms with van der Waals surface area (Å²) in [6.45, 7) is 9.05. The molecular formula is C55H42IrN4O-2. The number of benzene rings is 7. The Morgan fingerprint density at radius 3 is 1.93 bits per heavy atom. The molecule has 0 unspecified atom stereocenters. The first-order chi connectivity index (χ1) is 29.4. The second-order valence-electron chi connectivity index (χ2n) is 15.5. The SMILES string of the molecule is CC(C)c1cc(-c2ccc(-c3ccccc3)cc2)cc(C(C)C)c1-n1c(-c2[c-]ccc3c2oc2c(C#N)cccc23)nc2ccccc21.[Ir].[c-]1ccccc1-c1ccccn1. The van der Waals surface area contributed by atoms with Gasteiger partial charge in [0, 0.05) is 37.4 Å². The molecule has 0 aliphatic rings. The summed E-state index contributed by atoms with van der Waals surface area (Å²) in [4.78, 5) is 9.47.